The quantitative estimate of drug-likeness (QED) is 0.686. The molecule has 1 rings (SSSR count). The van der Waals surface area contributed by atoms with Gasteiger partial charge in [0.25, 0.3) is 0 Å². The Morgan fingerprint density at radius 2 is 1.95 bits per heavy atom. The van der Waals surface area contributed by atoms with E-state index in [-0.39, 0.29) is 5.54 Å². The topological polar surface area (TPSA) is 12.0 Å². The molecule has 1 nitrogen and oxygen atoms in total. The van der Waals surface area contributed by atoms with Crippen molar-refractivity contribution in [3.8, 4) is 0 Å². The Bertz CT molecular complexity index is 396. The molecule has 0 aliphatic carbocycles. The summed E-state index contributed by atoms with van der Waals surface area (Å²) >= 11 is 5.63. The highest BCUT2D eigenvalue weighted by molar-refractivity contribution is 9.10. The molecule has 108 valence electrons. The van der Waals surface area contributed by atoms with Gasteiger partial charge in [0, 0.05) is 21.5 Å². The van der Waals surface area contributed by atoms with Crippen LogP contribution in [-0.2, 0) is 6.54 Å². The molecule has 1 aromatic rings. The summed E-state index contributed by atoms with van der Waals surface area (Å²) in [5.74, 6) is 1.97. The second-order valence-electron chi connectivity index (χ2n) is 6.40. The third kappa shape index (κ3) is 7.38. The van der Waals surface area contributed by atoms with Crippen LogP contribution in [0.1, 0.15) is 46.6 Å². The van der Waals surface area contributed by atoms with Crippen molar-refractivity contribution in [3.05, 3.63) is 28.2 Å². The van der Waals surface area contributed by atoms with Crippen LogP contribution in [0.2, 0.25) is 0 Å². The maximum atomic E-state index is 3.69. The molecule has 0 aliphatic rings. The van der Waals surface area contributed by atoms with Crippen LogP contribution in [0.4, 0.5) is 0 Å². The van der Waals surface area contributed by atoms with Crippen molar-refractivity contribution >= 4 is 27.7 Å². The van der Waals surface area contributed by atoms with Crippen LogP contribution in [0.3, 0.4) is 0 Å². The number of thioether (sulfide) groups is 1. The van der Waals surface area contributed by atoms with E-state index in [1.807, 2.05) is 11.8 Å². The molecule has 0 aromatic heterocycles. The molecule has 0 fully saturated rings. The van der Waals surface area contributed by atoms with Crippen molar-refractivity contribution in [3.63, 3.8) is 0 Å². The van der Waals surface area contributed by atoms with Crippen molar-refractivity contribution in [1.29, 1.82) is 0 Å². The normalized spacial score (nSPS) is 12.2. The number of rotatable bonds is 6. The van der Waals surface area contributed by atoms with E-state index in [2.05, 4.69) is 74.1 Å². The third-order valence-electron chi connectivity index (χ3n) is 2.77. The molecule has 1 N–H and O–H groups in total. The largest absolute Gasteiger partial charge is 0.308 e. The number of benzene rings is 1. The summed E-state index contributed by atoms with van der Waals surface area (Å²) in [5, 5.41) is 3.52. The number of nitrogens with one attached hydrogen (secondary N) is 1. The van der Waals surface area contributed by atoms with Crippen LogP contribution in [0.5, 0.6) is 0 Å². The predicted molar refractivity (Wildman–Crippen MR) is 90.9 cm³/mol. The lowest BCUT2D eigenvalue weighted by atomic mass is 10.1. The van der Waals surface area contributed by atoms with Crippen LogP contribution >= 0.6 is 27.7 Å². The Morgan fingerprint density at radius 1 is 1.26 bits per heavy atom. The molecule has 0 unspecified atom stereocenters. The molecule has 19 heavy (non-hydrogen) atoms. The van der Waals surface area contributed by atoms with Crippen molar-refractivity contribution < 1.29 is 0 Å². The predicted octanol–water partition coefficient (Wildman–Crippen LogP) is 5.48. The van der Waals surface area contributed by atoms with Gasteiger partial charge >= 0.3 is 0 Å². The first-order valence-corrected chi connectivity index (χ1v) is 8.72. The Morgan fingerprint density at radius 3 is 2.47 bits per heavy atom. The van der Waals surface area contributed by atoms with E-state index in [9.17, 15) is 0 Å². The Balaban J connectivity index is 2.54. The monoisotopic (exact) mass is 343 g/mol. The van der Waals surface area contributed by atoms with E-state index in [0.717, 1.165) is 12.5 Å². The Hall–Kier alpha value is 0.01000. The van der Waals surface area contributed by atoms with Crippen LogP contribution in [0, 0.1) is 5.92 Å². The molecule has 0 atom stereocenters. The molecule has 0 saturated heterocycles. The van der Waals surface area contributed by atoms with E-state index in [1.54, 1.807) is 0 Å². The summed E-state index contributed by atoms with van der Waals surface area (Å²) in [6, 6.07) is 6.69. The van der Waals surface area contributed by atoms with Crippen LogP contribution in [0.25, 0.3) is 0 Å². The number of halogens is 1. The molecule has 0 spiro atoms. The van der Waals surface area contributed by atoms with Crippen LogP contribution in [0.15, 0.2) is 27.6 Å². The summed E-state index contributed by atoms with van der Waals surface area (Å²) in [6.07, 6.45) is 1.27. The first-order valence-electron chi connectivity index (χ1n) is 6.94. The minimum atomic E-state index is 0.164. The highest BCUT2D eigenvalue weighted by Gasteiger charge is 2.09. The van der Waals surface area contributed by atoms with E-state index < -0.39 is 0 Å². The summed E-state index contributed by atoms with van der Waals surface area (Å²) < 4.78 is 1.22. The zero-order chi connectivity index (χ0) is 14.5. The fourth-order valence-corrected chi connectivity index (χ4v) is 3.48. The molecule has 0 bridgehead atoms. The molecular weight excluding hydrogens is 318 g/mol. The lowest BCUT2D eigenvalue weighted by Crippen LogP contribution is -2.35. The third-order valence-corrected chi connectivity index (χ3v) is 4.80. The first-order chi connectivity index (χ1) is 8.78. The number of hydrogen-bond acceptors (Lipinski definition) is 2. The molecule has 0 saturated carbocycles. The zero-order valence-corrected chi connectivity index (χ0v) is 15.1. The lowest BCUT2D eigenvalue weighted by molar-refractivity contribution is 0.424. The molecule has 0 amide bonds. The van der Waals surface area contributed by atoms with E-state index in [0.29, 0.717) is 0 Å². The van der Waals surface area contributed by atoms with Crippen LogP contribution in [-0.4, -0.2) is 11.3 Å². The second kappa shape index (κ2) is 7.70. The smallest absolute Gasteiger partial charge is 0.0314 e. The molecule has 0 radical (unpaired) electrons. The highest BCUT2D eigenvalue weighted by atomic mass is 79.9. The maximum absolute atomic E-state index is 3.69. The van der Waals surface area contributed by atoms with Crippen molar-refractivity contribution in [1.82, 2.24) is 5.32 Å². The SMILES string of the molecule is CC(C)CCSc1ccc(CNC(C)(C)C)cc1Br. The molecule has 3 heteroatoms. The summed E-state index contributed by atoms with van der Waals surface area (Å²) in [7, 11) is 0. The van der Waals surface area contributed by atoms with Gasteiger partial charge in [-0.1, -0.05) is 19.9 Å². The van der Waals surface area contributed by atoms with E-state index in [4.69, 9.17) is 0 Å². The lowest BCUT2D eigenvalue weighted by Gasteiger charge is -2.20. The van der Waals surface area contributed by atoms with Gasteiger partial charge in [-0.25, -0.2) is 0 Å². The van der Waals surface area contributed by atoms with Crippen LogP contribution < -0.4 is 5.32 Å². The van der Waals surface area contributed by atoms with Crippen molar-refractivity contribution in [2.75, 3.05) is 5.75 Å². The zero-order valence-electron chi connectivity index (χ0n) is 12.7. The van der Waals surface area contributed by atoms with Gasteiger partial charge < -0.3 is 5.32 Å². The standard InChI is InChI=1S/C16H26BrNS/c1-12(2)8-9-19-15-7-6-13(10-14(15)17)11-18-16(3,4)5/h6-7,10,12,18H,8-9,11H2,1-5H3. The van der Waals surface area contributed by atoms with Gasteiger partial charge in [-0.15, -0.1) is 11.8 Å². The van der Waals surface area contributed by atoms with Gasteiger partial charge in [0.15, 0.2) is 0 Å². The van der Waals surface area contributed by atoms with Gasteiger partial charge in [0.1, 0.15) is 0 Å². The molecule has 0 heterocycles. The van der Waals surface area contributed by atoms with E-state index in [1.165, 1.54) is 27.1 Å². The average Bonchev–Trinajstić information content (AvgIpc) is 2.27. The van der Waals surface area contributed by atoms with E-state index >= 15 is 0 Å². The van der Waals surface area contributed by atoms with Gasteiger partial charge in [-0.05, 0) is 72.5 Å². The summed E-state index contributed by atoms with van der Waals surface area (Å²) in [4.78, 5) is 1.35. The fourth-order valence-electron chi connectivity index (χ4n) is 1.54. The Labute approximate surface area is 131 Å². The minimum absolute atomic E-state index is 0.164. The van der Waals surface area contributed by atoms with Gasteiger partial charge in [0.2, 0.25) is 0 Å². The van der Waals surface area contributed by atoms with Crippen molar-refractivity contribution in [2.24, 2.45) is 5.92 Å². The average molecular weight is 344 g/mol. The minimum Gasteiger partial charge on any atom is -0.308 e. The second-order valence-corrected chi connectivity index (χ2v) is 8.39. The summed E-state index contributed by atoms with van der Waals surface area (Å²) in [5.41, 5.74) is 1.49. The van der Waals surface area contributed by atoms with Gasteiger partial charge in [-0.3, -0.25) is 0 Å². The van der Waals surface area contributed by atoms with Crippen molar-refractivity contribution in [2.45, 2.75) is 58.0 Å². The maximum Gasteiger partial charge on any atom is 0.0314 e. The molecule has 1 aromatic carbocycles. The van der Waals surface area contributed by atoms with Gasteiger partial charge in [-0.2, -0.15) is 0 Å². The summed E-state index contributed by atoms with van der Waals surface area (Å²) in [6.45, 7) is 12.0. The molecular formula is C16H26BrNS. The number of hydrogen-bond donors (Lipinski definition) is 1. The van der Waals surface area contributed by atoms with Gasteiger partial charge in [0.05, 0.1) is 0 Å². The highest BCUT2D eigenvalue weighted by Crippen LogP contribution is 2.29. The first kappa shape index (κ1) is 17.1. The fraction of sp³-hybridized carbons (Fsp3) is 0.625. The molecule has 0 aliphatic heterocycles. The Kier molecular flexibility index (Phi) is 6.92.